The molecule has 16 heavy (non-hydrogen) atoms. The summed E-state index contributed by atoms with van der Waals surface area (Å²) in [6.45, 7) is 11.3. The molecule has 0 N–H and O–H groups in total. The number of hydrogen-bond donors (Lipinski definition) is 0. The van der Waals surface area contributed by atoms with Crippen LogP contribution >= 0.6 is 0 Å². The minimum absolute atomic E-state index is 0.0882. The van der Waals surface area contributed by atoms with Gasteiger partial charge in [-0.3, -0.25) is 0 Å². The number of ether oxygens (including phenoxy) is 1. The molecule has 1 aromatic carbocycles. The molecule has 1 rings (SSSR count). The van der Waals surface area contributed by atoms with Crippen LogP contribution in [0.15, 0.2) is 30.4 Å². The number of rotatable bonds is 4. The molecule has 0 saturated carbocycles. The lowest BCUT2D eigenvalue weighted by Gasteiger charge is -2.21. The van der Waals surface area contributed by atoms with Gasteiger partial charge < -0.3 is 4.74 Å². The van der Waals surface area contributed by atoms with Crippen molar-refractivity contribution in [3.8, 4) is 5.75 Å². The van der Waals surface area contributed by atoms with E-state index in [1.165, 1.54) is 11.1 Å². The normalized spacial score (nSPS) is 12.1. The van der Waals surface area contributed by atoms with E-state index < -0.39 is 0 Å². The Morgan fingerprint density at radius 1 is 1.25 bits per heavy atom. The molecule has 0 amide bonds. The van der Waals surface area contributed by atoms with Gasteiger partial charge in [-0.1, -0.05) is 38.1 Å². The molecule has 0 aliphatic heterocycles. The highest BCUT2D eigenvalue weighted by Crippen LogP contribution is 2.23. The summed E-state index contributed by atoms with van der Waals surface area (Å²) in [6, 6.07) is 6.31. The van der Waals surface area contributed by atoms with Crippen LogP contribution in [0.5, 0.6) is 5.75 Å². The zero-order valence-corrected chi connectivity index (χ0v) is 11.0. The number of allylic oxidation sites excluding steroid dienone is 1. The van der Waals surface area contributed by atoms with Crippen LogP contribution in [0.2, 0.25) is 0 Å². The van der Waals surface area contributed by atoms with Gasteiger partial charge in [-0.2, -0.15) is 0 Å². The van der Waals surface area contributed by atoms with E-state index in [1.807, 2.05) is 6.92 Å². The fraction of sp³-hybridized carbons (Fsp3) is 0.467. The Morgan fingerprint density at radius 2 is 1.94 bits per heavy atom. The summed E-state index contributed by atoms with van der Waals surface area (Å²) >= 11 is 0. The van der Waals surface area contributed by atoms with Gasteiger partial charge in [-0.05, 0) is 38.0 Å². The lowest BCUT2D eigenvalue weighted by atomic mass is 9.94. The van der Waals surface area contributed by atoms with Gasteiger partial charge in [0.15, 0.2) is 0 Å². The van der Waals surface area contributed by atoms with Crippen LogP contribution in [0.25, 0.3) is 0 Å². The maximum atomic E-state index is 5.88. The first-order valence-electron chi connectivity index (χ1n) is 5.78. The van der Waals surface area contributed by atoms with Gasteiger partial charge >= 0.3 is 0 Å². The van der Waals surface area contributed by atoms with Crippen LogP contribution in [0.4, 0.5) is 0 Å². The molecular formula is C15H22O. The third kappa shape index (κ3) is 3.73. The van der Waals surface area contributed by atoms with E-state index in [2.05, 4.69) is 58.0 Å². The minimum atomic E-state index is 0.0882. The Morgan fingerprint density at radius 3 is 2.56 bits per heavy atom. The summed E-state index contributed by atoms with van der Waals surface area (Å²) in [5.41, 5.74) is 2.52. The molecule has 0 aliphatic carbocycles. The van der Waals surface area contributed by atoms with Crippen LogP contribution in [-0.4, -0.2) is 6.61 Å². The zero-order chi connectivity index (χ0) is 12.2. The molecule has 88 valence electrons. The fourth-order valence-corrected chi connectivity index (χ4v) is 1.63. The van der Waals surface area contributed by atoms with E-state index in [-0.39, 0.29) is 5.41 Å². The van der Waals surface area contributed by atoms with Gasteiger partial charge in [0, 0.05) is 5.41 Å². The second-order valence-corrected chi connectivity index (χ2v) is 5.05. The third-order valence-corrected chi connectivity index (χ3v) is 2.56. The third-order valence-electron chi connectivity index (χ3n) is 2.56. The van der Waals surface area contributed by atoms with E-state index in [4.69, 9.17) is 4.74 Å². The highest BCUT2D eigenvalue weighted by Gasteiger charge is 2.14. The van der Waals surface area contributed by atoms with Gasteiger partial charge in [-0.25, -0.2) is 0 Å². The Labute approximate surface area is 99.1 Å². The molecule has 0 spiro atoms. The summed E-state index contributed by atoms with van der Waals surface area (Å²) in [5.74, 6) is 0.998. The van der Waals surface area contributed by atoms with E-state index in [0.717, 1.165) is 5.75 Å². The van der Waals surface area contributed by atoms with E-state index in [0.29, 0.717) is 6.61 Å². The average Bonchev–Trinajstić information content (AvgIpc) is 2.19. The van der Waals surface area contributed by atoms with Crippen molar-refractivity contribution in [2.75, 3.05) is 6.61 Å². The number of aryl methyl sites for hydroxylation is 2. The van der Waals surface area contributed by atoms with Crippen molar-refractivity contribution in [1.82, 2.24) is 0 Å². The molecule has 0 heterocycles. The van der Waals surface area contributed by atoms with Crippen molar-refractivity contribution in [3.05, 3.63) is 41.5 Å². The largest absolute Gasteiger partial charge is 0.492 e. The average molecular weight is 218 g/mol. The van der Waals surface area contributed by atoms with Crippen LogP contribution in [0.3, 0.4) is 0 Å². The van der Waals surface area contributed by atoms with Crippen molar-refractivity contribution in [2.24, 2.45) is 5.41 Å². The monoisotopic (exact) mass is 218 g/mol. The highest BCUT2D eigenvalue weighted by atomic mass is 16.5. The molecule has 0 unspecified atom stereocenters. The molecular weight excluding hydrogens is 196 g/mol. The molecule has 0 fully saturated rings. The van der Waals surface area contributed by atoms with Crippen molar-refractivity contribution < 1.29 is 4.74 Å². The fourth-order valence-electron chi connectivity index (χ4n) is 1.63. The molecule has 0 aromatic heterocycles. The van der Waals surface area contributed by atoms with Gasteiger partial charge in [0.1, 0.15) is 5.75 Å². The summed E-state index contributed by atoms with van der Waals surface area (Å²) in [7, 11) is 0. The lowest BCUT2D eigenvalue weighted by Crippen LogP contribution is -2.18. The number of benzene rings is 1. The van der Waals surface area contributed by atoms with Crippen molar-refractivity contribution >= 4 is 0 Å². The summed E-state index contributed by atoms with van der Waals surface area (Å²) < 4.78 is 5.88. The van der Waals surface area contributed by atoms with Crippen LogP contribution < -0.4 is 4.74 Å². The molecule has 0 saturated heterocycles. The maximum Gasteiger partial charge on any atom is 0.122 e. The van der Waals surface area contributed by atoms with E-state index in [9.17, 15) is 0 Å². The van der Waals surface area contributed by atoms with Crippen LogP contribution in [0.1, 0.15) is 31.9 Å². The Hall–Kier alpha value is -1.24. The second-order valence-electron chi connectivity index (χ2n) is 5.05. The molecule has 0 atom stereocenters. The lowest BCUT2D eigenvalue weighted by molar-refractivity contribution is 0.220. The van der Waals surface area contributed by atoms with Gasteiger partial charge in [-0.15, -0.1) is 0 Å². The molecule has 0 aliphatic rings. The summed E-state index contributed by atoms with van der Waals surface area (Å²) in [4.78, 5) is 0. The Kier molecular flexibility index (Phi) is 4.17. The molecule has 0 radical (unpaired) electrons. The highest BCUT2D eigenvalue weighted by molar-refractivity contribution is 5.36. The number of hydrogen-bond acceptors (Lipinski definition) is 1. The van der Waals surface area contributed by atoms with Gasteiger partial charge in [0.05, 0.1) is 6.61 Å². The van der Waals surface area contributed by atoms with Crippen LogP contribution in [-0.2, 0) is 0 Å². The maximum absolute atomic E-state index is 5.88. The zero-order valence-electron chi connectivity index (χ0n) is 11.0. The molecule has 1 heteroatoms. The smallest absolute Gasteiger partial charge is 0.122 e. The second kappa shape index (κ2) is 5.20. The topological polar surface area (TPSA) is 9.23 Å². The first kappa shape index (κ1) is 12.8. The minimum Gasteiger partial charge on any atom is -0.492 e. The van der Waals surface area contributed by atoms with Crippen molar-refractivity contribution in [1.29, 1.82) is 0 Å². The Balaban J connectivity index is 2.71. The SMILES string of the molecule is CC=CC(C)(C)COc1cc(C)ccc1C. The predicted molar refractivity (Wildman–Crippen MR) is 70.0 cm³/mol. The van der Waals surface area contributed by atoms with E-state index >= 15 is 0 Å². The summed E-state index contributed by atoms with van der Waals surface area (Å²) in [6.07, 6.45) is 4.25. The molecule has 1 nitrogen and oxygen atoms in total. The van der Waals surface area contributed by atoms with Gasteiger partial charge in [0.2, 0.25) is 0 Å². The van der Waals surface area contributed by atoms with E-state index in [1.54, 1.807) is 0 Å². The predicted octanol–water partition coefficient (Wildman–Crippen LogP) is 4.28. The first-order valence-corrected chi connectivity index (χ1v) is 5.78. The molecule has 0 bridgehead atoms. The van der Waals surface area contributed by atoms with Crippen LogP contribution in [0, 0.1) is 19.3 Å². The quantitative estimate of drug-likeness (QED) is 0.685. The van der Waals surface area contributed by atoms with Gasteiger partial charge in [0.25, 0.3) is 0 Å². The van der Waals surface area contributed by atoms with Crippen molar-refractivity contribution in [3.63, 3.8) is 0 Å². The standard InChI is InChI=1S/C15H22O/c1-6-9-15(4,5)11-16-14-10-12(2)7-8-13(14)3/h6-10H,11H2,1-5H3. The summed E-state index contributed by atoms with van der Waals surface area (Å²) in [5, 5.41) is 0. The molecule has 1 aromatic rings. The first-order chi connectivity index (χ1) is 7.44. The van der Waals surface area contributed by atoms with Crippen molar-refractivity contribution in [2.45, 2.75) is 34.6 Å². The Bertz CT molecular complexity index is 375.